The summed E-state index contributed by atoms with van der Waals surface area (Å²) in [5.74, 6) is -0.402. The molecule has 0 aliphatic carbocycles. The Bertz CT molecular complexity index is 806. The lowest BCUT2D eigenvalue weighted by Crippen LogP contribution is -2.32. The number of benzene rings is 2. The van der Waals surface area contributed by atoms with E-state index in [-0.39, 0.29) is 24.8 Å². The van der Waals surface area contributed by atoms with E-state index in [9.17, 15) is 14.4 Å². The fourth-order valence-electron chi connectivity index (χ4n) is 2.74. The van der Waals surface area contributed by atoms with E-state index in [1.807, 2.05) is 54.6 Å². The number of carbonyl (C=O) groups excluding carboxylic acids is 3. The summed E-state index contributed by atoms with van der Waals surface area (Å²) in [6, 6.07) is 16.2. The number of nitrogens with one attached hydrogen (secondary N) is 2. The van der Waals surface area contributed by atoms with E-state index < -0.39 is 12.0 Å². The second-order valence-corrected chi connectivity index (χ2v) is 6.48. The third-order valence-corrected chi connectivity index (χ3v) is 4.21. The molecular formula is C22H26N2O5. The van der Waals surface area contributed by atoms with E-state index >= 15 is 0 Å². The molecule has 2 aromatic rings. The third kappa shape index (κ3) is 8.04. The Labute approximate surface area is 170 Å². The van der Waals surface area contributed by atoms with Crippen molar-refractivity contribution in [3.05, 3.63) is 65.7 Å². The SMILES string of the molecule is COc1ccc(CCNC(=O)COC(=O)C[C@@H](NC(C)=O)c2ccccc2)cc1. The van der Waals surface area contributed by atoms with Gasteiger partial charge in [-0.2, -0.15) is 0 Å². The predicted octanol–water partition coefficient (Wildman–Crippen LogP) is 2.16. The van der Waals surface area contributed by atoms with Gasteiger partial charge in [-0.25, -0.2) is 0 Å². The number of methoxy groups -OCH3 is 1. The summed E-state index contributed by atoms with van der Waals surface area (Å²) in [6.07, 6.45) is 0.602. The first-order valence-electron chi connectivity index (χ1n) is 9.35. The van der Waals surface area contributed by atoms with E-state index in [1.54, 1.807) is 7.11 Å². The zero-order valence-corrected chi connectivity index (χ0v) is 16.6. The molecular weight excluding hydrogens is 372 g/mol. The molecule has 2 N–H and O–H groups in total. The van der Waals surface area contributed by atoms with E-state index in [4.69, 9.17) is 9.47 Å². The normalized spacial score (nSPS) is 11.2. The van der Waals surface area contributed by atoms with Crippen LogP contribution in [-0.4, -0.2) is 38.0 Å². The molecule has 0 aliphatic heterocycles. The molecule has 154 valence electrons. The predicted molar refractivity (Wildman–Crippen MR) is 108 cm³/mol. The van der Waals surface area contributed by atoms with Gasteiger partial charge >= 0.3 is 5.97 Å². The highest BCUT2D eigenvalue weighted by molar-refractivity contribution is 5.81. The van der Waals surface area contributed by atoms with Crippen LogP contribution < -0.4 is 15.4 Å². The molecule has 2 amide bonds. The number of amides is 2. The smallest absolute Gasteiger partial charge is 0.308 e. The highest BCUT2D eigenvalue weighted by atomic mass is 16.5. The summed E-state index contributed by atoms with van der Waals surface area (Å²) in [7, 11) is 1.61. The van der Waals surface area contributed by atoms with Crippen molar-refractivity contribution in [3.8, 4) is 5.75 Å². The van der Waals surface area contributed by atoms with Gasteiger partial charge in [0.25, 0.3) is 5.91 Å². The summed E-state index contributed by atoms with van der Waals surface area (Å²) in [5.41, 5.74) is 1.85. The molecule has 29 heavy (non-hydrogen) atoms. The Morgan fingerprint density at radius 1 is 1.00 bits per heavy atom. The molecule has 0 radical (unpaired) electrons. The minimum atomic E-state index is -0.557. The van der Waals surface area contributed by atoms with Gasteiger partial charge in [-0.15, -0.1) is 0 Å². The number of ether oxygens (including phenoxy) is 2. The maximum Gasteiger partial charge on any atom is 0.308 e. The molecule has 2 rings (SSSR count). The van der Waals surface area contributed by atoms with Crippen molar-refractivity contribution < 1.29 is 23.9 Å². The first kappa shape index (κ1) is 21.9. The van der Waals surface area contributed by atoms with Crippen LogP contribution in [0, 0.1) is 0 Å². The zero-order chi connectivity index (χ0) is 21.1. The van der Waals surface area contributed by atoms with Crippen molar-refractivity contribution in [1.82, 2.24) is 10.6 Å². The van der Waals surface area contributed by atoms with Gasteiger partial charge in [-0.3, -0.25) is 14.4 Å². The molecule has 1 atom stereocenters. The number of hydrogen-bond donors (Lipinski definition) is 2. The van der Waals surface area contributed by atoms with E-state index in [1.165, 1.54) is 6.92 Å². The van der Waals surface area contributed by atoms with Gasteiger partial charge in [-0.1, -0.05) is 42.5 Å². The Hall–Kier alpha value is -3.35. The van der Waals surface area contributed by atoms with Crippen LogP contribution in [0.1, 0.15) is 30.5 Å². The summed E-state index contributed by atoms with van der Waals surface area (Å²) in [6.45, 7) is 1.46. The minimum Gasteiger partial charge on any atom is -0.497 e. The largest absolute Gasteiger partial charge is 0.497 e. The molecule has 0 unspecified atom stereocenters. The van der Waals surface area contributed by atoms with Crippen molar-refractivity contribution in [1.29, 1.82) is 0 Å². The van der Waals surface area contributed by atoms with E-state index in [2.05, 4.69) is 10.6 Å². The van der Waals surface area contributed by atoms with E-state index in [0.717, 1.165) is 16.9 Å². The van der Waals surface area contributed by atoms with Gasteiger partial charge < -0.3 is 20.1 Å². The number of esters is 1. The number of carbonyl (C=O) groups is 3. The fourth-order valence-corrected chi connectivity index (χ4v) is 2.74. The average molecular weight is 398 g/mol. The Balaban J connectivity index is 1.73. The summed E-state index contributed by atoms with van der Waals surface area (Å²) in [4.78, 5) is 35.4. The summed E-state index contributed by atoms with van der Waals surface area (Å²) >= 11 is 0. The molecule has 2 aromatic carbocycles. The lowest BCUT2D eigenvalue weighted by atomic mass is 10.0. The minimum absolute atomic E-state index is 0.0529. The standard InChI is InChI=1S/C22H26N2O5/c1-16(25)24-20(18-6-4-3-5-7-18)14-22(27)29-15-21(26)23-13-12-17-8-10-19(28-2)11-9-17/h3-11,20H,12-15H2,1-2H3,(H,23,26)(H,24,25)/t20-/m1/s1. The monoisotopic (exact) mass is 398 g/mol. The molecule has 0 fully saturated rings. The third-order valence-electron chi connectivity index (χ3n) is 4.21. The lowest BCUT2D eigenvalue weighted by molar-refractivity contribution is -0.149. The van der Waals surface area contributed by atoms with Crippen LogP contribution >= 0.6 is 0 Å². The van der Waals surface area contributed by atoms with Crippen LogP contribution in [0.4, 0.5) is 0 Å². The average Bonchev–Trinajstić information content (AvgIpc) is 2.72. The van der Waals surface area contributed by atoms with Crippen LogP contribution in [0.2, 0.25) is 0 Å². The first-order chi connectivity index (χ1) is 14.0. The van der Waals surface area contributed by atoms with Crippen LogP contribution in [-0.2, 0) is 25.5 Å². The second kappa shape index (κ2) is 11.5. The van der Waals surface area contributed by atoms with E-state index in [0.29, 0.717) is 13.0 Å². The van der Waals surface area contributed by atoms with Gasteiger partial charge in [0.2, 0.25) is 5.91 Å². The van der Waals surface area contributed by atoms with Crippen molar-refractivity contribution in [3.63, 3.8) is 0 Å². The van der Waals surface area contributed by atoms with Crippen LogP contribution in [0.15, 0.2) is 54.6 Å². The number of hydrogen-bond acceptors (Lipinski definition) is 5. The summed E-state index contributed by atoms with van der Waals surface area (Å²) in [5, 5.41) is 5.44. The Kier molecular flexibility index (Phi) is 8.69. The molecule has 0 aliphatic rings. The van der Waals surface area contributed by atoms with Crippen molar-refractivity contribution >= 4 is 17.8 Å². The highest BCUT2D eigenvalue weighted by Crippen LogP contribution is 2.17. The van der Waals surface area contributed by atoms with Crippen molar-refractivity contribution in [2.75, 3.05) is 20.3 Å². The van der Waals surface area contributed by atoms with Crippen LogP contribution in [0.25, 0.3) is 0 Å². The van der Waals surface area contributed by atoms with Gasteiger partial charge in [0.15, 0.2) is 6.61 Å². The molecule has 7 heteroatoms. The number of rotatable bonds is 10. The topological polar surface area (TPSA) is 93.7 Å². The lowest BCUT2D eigenvalue weighted by Gasteiger charge is -2.17. The second-order valence-electron chi connectivity index (χ2n) is 6.48. The van der Waals surface area contributed by atoms with Gasteiger partial charge in [0.05, 0.1) is 19.6 Å². The van der Waals surface area contributed by atoms with Crippen LogP contribution in [0.5, 0.6) is 5.75 Å². The van der Waals surface area contributed by atoms with Gasteiger partial charge in [0, 0.05) is 13.5 Å². The zero-order valence-electron chi connectivity index (χ0n) is 16.6. The summed E-state index contributed by atoms with van der Waals surface area (Å²) < 4.78 is 10.2. The molecule has 0 saturated heterocycles. The molecule has 0 spiro atoms. The Morgan fingerprint density at radius 2 is 1.69 bits per heavy atom. The maximum atomic E-state index is 12.1. The maximum absolute atomic E-state index is 12.1. The van der Waals surface area contributed by atoms with Gasteiger partial charge in [0.1, 0.15) is 5.75 Å². The van der Waals surface area contributed by atoms with Crippen molar-refractivity contribution in [2.45, 2.75) is 25.8 Å². The fraction of sp³-hybridized carbons (Fsp3) is 0.318. The van der Waals surface area contributed by atoms with Crippen LogP contribution in [0.3, 0.4) is 0 Å². The molecule has 0 saturated carbocycles. The quantitative estimate of drug-likeness (QED) is 0.598. The molecule has 0 heterocycles. The Morgan fingerprint density at radius 3 is 2.31 bits per heavy atom. The molecule has 7 nitrogen and oxygen atoms in total. The molecule has 0 bridgehead atoms. The first-order valence-corrected chi connectivity index (χ1v) is 9.35. The highest BCUT2D eigenvalue weighted by Gasteiger charge is 2.18. The van der Waals surface area contributed by atoms with Crippen molar-refractivity contribution in [2.24, 2.45) is 0 Å². The van der Waals surface area contributed by atoms with Gasteiger partial charge in [-0.05, 0) is 29.7 Å². The molecule has 0 aromatic heterocycles.